The van der Waals surface area contributed by atoms with E-state index in [0.29, 0.717) is 6.54 Å². The van der Waals surface area contributed by atoms with E-state index >= 15 is 0 Å². The Labute approximate surface area is 159 Å². The molecule has 1 aromatic heterocycles. The van der Waals surface area contributed by atoms with E-state index in [0.717, 1.165) is 35.4 Å². The predicted octanol–water partition coefficient (Wildman–Crippen LogP) is 3.48. The Hall–Kier alpha value is -2.92. The first-order valence-electron chi connectivity index (χ1n) is 9.16. The van der Waals surface area contributed by atoms with Crippen LogP contribution in [0.3, 0.4) is 0 Å². The second-order valence-corrected chi connectivity index (χ2v) is 7.01. The molecule has 0 saturated carbocycles. The second-order valence-electron chi connectivity index (χ2n) is 7.01. The Morgan fingerprint density at radius 2 is 2.04 bits per heavy atom. The van der Waals surface area contributed by atoms with E-state index in [1.807, 2.05) is 41.3 Å². The molecule has 1 unspecified atom stereocenters. The molecular formula is C22H23N3O2. The Bertz CT molecular complexity index is 972. The van der Waals surface area contributed by atoms with Crippen LogP contribution < -0.4 is 9.64 Å². The molecule has 2 heterocycles. The zero-order chi connectivity index (χ0) is 18.8. The maximum absolute atomic E-state index is 12.9. The molecule has 0 spiro atoms. The van der Waals surface area contributed by atoms with Crippen LogP contribution in [0.15, 0.2) is 60.8 Å². The first-order valence-corrected chi connectivity index (χ1v) is 9.16. The number of benzene rings is 2. The van der Waals surface area contributed by atoms with Gasteiger partial charge in [-0.2, -0.15) is 0 Å². The Kier molecular flexibility index (Phi) is 4.77. The van der Waals surface area contributed by atoms with Crippen molar-refractivity contribution in [3.8, 4) is 5.75 Å². The highest BCUT2D eigenvalue weighted by Crippen LogP contribution is 2.26. The summed E-state index contributed by atoms with van der Waals surface area (Å²) in [5, 5.41) is 1.13. The second kappa shape index (κ2) is 7.37. The average Bonchev–Trinajstić information content (AvgIpc) is 2.67. The van der Waals surface area contributed by atoms with E-state index in [4.69, 9.17) is 4.74 Å². The van der Waals surface area contributed by atoms with Gasteiger partial charge in [0.2, 0.25) is 5.91 Å². The van der Waals surface area contributed by atoms with Gasteiger partial charge in [0.1, 0.15) is 5.75 Å². The number of fused-ring (bicyclic) bond motifs is 1. The number of methoxy groups -OCH3 is 1. The number of rotatable bonds is 4. The minimum atomic E-state index is 0.0977. The van der Waals surface area contributed by atoms with Gasteiger partial charge >= 0.3 is 0 Å². The van der Waals surface area contributed by atoms with Gasteiger partial charge in [-0.1, -0.05) is 18.2 Å². The summed E-state index contributed by atoms with van der Waals surface area (Å²) < 4.78 is 5.30. The number of aromatic nitrogens is 1. The summed E-state index contributed by atoms with van der Waals surface area (Å²) in [5.74, 6) is 0.879. The van der Waals surface area contributed by atoms with Crippen molar-refractivity contribution in [1.82, 2.24) is 9.88 Å². The average molecular weight is 361 g/mol. The van der Waals surface area contributed by atoms with Crippen molar-refractivity contribution in [2.24, 2.45) is 0 Å². The highest BCUT2D eigenvalue weighted by molar-refractivity contribution is 5.96. The molecule has 3 aromatic rings. The van der Waals surface area contributed by atoms with Crippen LogP contribution in [0, 0.1) is 0 Å². The molecule has 1 atom stereocenters. The number of nitrogens with zero attached hydrogens (tertiary/aromatic N) is 3. The summed E-state index contributed by atoms with van der Waals surface area (Å²) in [5.41, 5.74) is 3.09. The summed E-state index contributed by atoms with van der Waals surface area (Å²) >= 11 is 0. The van der Waals surface area contributed by atoms with E-state index in [1.54, 1.807) is 13.3 Å². The van der Waals surface area contributed by atoms with Crippen molar-refractivity contribution in [2.45, 2.75) is 19.5 Å². The van der Waals surface area contributed by atoms with Crippen molar-refractivity contribution >= 4 is 22.5 Å². The molecule has 1 saturated heterocycles. The fourth-order valence-electron chi connectivity index (χ4n) is 3.79. The highest BCUT2D eigenvalue weighted by atomic mass is 16.5. The third-order valence-electron chi connectivity index (χ3n) is 5.00. The molecule has 0 bridgehead atoms. The molecule has 138 valence electrons. The van der Waals surface area contributed by atoms with Gasteiger partial charge < -0.3 is 9.64 Å². The number of hydrogen-bond acceptors (Lipinski definition) is 4. The van der Waals surface area contributed by atoms with Crippen molar-refractivity contribution in [2.75, 3.05) is 25.1 Å². The van der Waals surface area contributed by atoms with Crippen molar-refractivity contribution in [3.05, 3.63) is 66.4 Å². The standard InChI is InChI=1S/C22H23N3O2/c1-16-13-24(14-17-8-9-21-18(11-17)5-4-10-23-21)15-22(26)25(16)19-6-3-7-20(12-19)27-2/h3-12,16H,13-15H2,1-2H3. The minimum absolute atomic E-state index is 0.0977. The first kappa shape index (κ1) is 17.5. The zero-order valence-electron chi connectivity index (χ0n) is 15.6. The molecule has 5 heteroatoms. The van der Waals surface area contributed by atoms with Gasteiger partial charge in [0.25, 0.3) is 0 Å². The van der Waals surface area contributed by atoms with E-state index in [-0.39, 0.29) is 11.9 Å². The van der Waals surface area contributed by atoms with E-state index in [9.17, 15) is 4.79 Å². The van der Waals surface area contributed by atoms with Gasteiger partial charge in [-0.05, 0) is 42.8 Å². The summed E-state index contributed by atoms with van der Waals surface area (Å²) in [4.78, 5) is 21.3. The predicted molar refractivity (Wildman–Crippen MR) is 107 cm³/mol. The van der Waals surface area contributed by atoms with Crippen LogP contribution in [0.2, 0.25) is 0 Å². The Balaban J connectivity index is 1.50. The molecule has 0 aliphatic carbocycles. The SMILES string of the molecule is COc1cccc(N2C(=O)CN(Cc3ccc4ncccc4c3)CC2C)c1. The third kappa shape index (κ3) is 3.64. The first-order chi connectivity index (χ1) is 13.1. The molecule has 5 nitrogen and oxygen atoms in total. The van der Waals surface area contributed by atoms with Gasteiger partial charge in [-0.25, -0.2) is 0 Å². The number of anilines is 1. The molecular weight excluding hydrogens is 338 g/mol. The number of piperazine rings is 1. The number of pyridine rings is 1. The van der Waals surface area contributed by atoms with Crippen molar-refractivity contribution in [1.29, 1.82) is 0 Å². The lowest BCUT2D eigenvalue weighted by Crippen LogP contribution is -2.55. The molecule has 4 rings (SSSR count). The van der Waals surface area contributed by atoms with Crippen LogP contribution in [0.1, 0.15) is 12.5 Å². The van der Waals surface area contributed by atoms with Gasteiger partial charge in [0, 0.05) is 42.5 Å². The maximum Gasteiger partial charge on any atom is 0.241 e. The lowest BCUT2D eigenvalue weighted by molar-refractivity contribution is -0.122. The molecule has 1 fully saturated rings. The summed E-state index contributed by atoms with van der Waals surface area (Å²) in [6, 6.07) is 18.1. The Morgan fingerprint density at radius 1 is 1.15 bits per heavy atom. The lowest BCUT2D eigenvalue weighted by atomic mass is 10.1. The maximum atomic E-state index is 12.9. The molecule has 1 aliphatic heterocycles. The topological polar surface area (TPSA) is 45.7 Å². The summed E-state index contributed by atoms with van der Waals surface area (Å²) in [7, 11) is 1.64. The van der Waals surface area contributed by atoms with E-state index in [1.165, 1.54) is 5.56 Å². The molecule has 1 amide bonds. The van der Waals surface area contributed by atoms with Crippen LogP contribution in [-0.4, -0.2) is 42.0 Å². The third-order valence-corrected chi connectivity index (χ3v) is 5.00. The molecule has 27 heavy (non-hydrogen) atoms. The lowest BCUT2D eigenvalue weighted by Gasteiger charge is -2.39. The van der Waals surface area contributed by atoms with Crippen LogP contribution in [0.5, 0.6) is 5.75 Å². The normalized spacial score (nSPS) is 18.1. The quantitative estimate of drug-likeness (QED) is 0.714. The molecule has 2 aromatic carbocycles. The van der Waals surface area contributed by atoms with Crippen LogP contribution >= 0.6 is 0 Å². The highest BCUT2D eigenvalue weighted by Gasteiger charge is 2.31. The van der Waals surface area contributed by atoms with Gasteiger partial charge in [-0.3, -0.25) is 14.7 Å². The number of carbonyl (C=O) groups excluding carboxylic acids is 1. The van der Waals surface area contributed by atoms with Gasteiger partial charge in [0.05, 0.1) is 19.2 Å². The fraction of sp³-hybridized carbons (Fsp3) is 0.273. The van der Waals surface area contributed by atoms with Crippen LogP contribution in [0.4, 0.5) is 5.69 Å². The number of ether oxygens (including phenoxy) is 1. The van der Waals surface area contributed by atoms with E-state index < -0.39 is 0 Å². The summed E-state index contributed by atoms with van der Waals surface area (Å²) in [6.07, 6.45) is 1.81. The zero-order valence-corrected chi connectivity index (χ0v) is 15.6. The van der Waals surface area contributed by atoms with Crippen LogP contribution in [-0.2, 0) is 11.3 Å². The number of hydrogen-bond donors (Lipinski definition) is 0. The summed E-state index contributed by atoms with van der Waals surface area (Å²) in [6.45, 7) is 4.08. The van der Waals surface area contributed by atoms with Crippen molar-refractivity contribution < 1.29 is 9.53 Å². The molecule has 1 aliphatic rings. The van der Waals surface area contributed by atoms with Gasteiger partial charge in [0.15, 0.2) is 0 Å². The fourth-order valence-corrected chi connectivity index (χ4v) is 3.79. The monoisotopic (exact) mass is 361 g/mol. The van der Waals surface area contributed by atoms with E-state index in [2.05, 4.69) is 35.0 Å². The number of carbonyl (C=O) groups is 1. The van der Waals surface area contributed by atoms with Gasteiger partial charge in [-0.15, -0.1) is 0 Å². The Morgan fingerprint density at radius 3 is 2.85 bits per heavy atom. The smallest absolute Gasteiger partial charge is 0.241 e. The van der Waals surface area contributed by atoms with Crippen molar-refractivity contribution in [3.63, 3.8) is 0 Å². The molecule has 0 N–H and O–H groups in total. The minimum Gasteiger partial charge on any atom is -0.497 e. The largest absolute Gasteiger partial charge is 0.497 e. The molecule has 0 radical (unpaired) electrons. The van der Waals surface area contributed by atoms with Crippen LogP contribution in [0.25, 0.3) is 10.9 Å². The number of amides is 1.